The maximum absolute atomic E-state index is 12.6. The second kappa shape index (κ2) is 5.91. The van der Waals surface area contributed by atoms with Crippen molar-refractivity contribution in [3.8, 4) is 0 Å². The monoisotopic (exact) mass is 294 g/mol. The highest BCUT2D eigenvalue weighted by Gasteiger charge is 2.25. The first-order chi connectivity index (χ1) is 10.6. The van der Waals surface area contributed by atoms with Crippen LogP contribution in [0.25, 0.3) is 0 Å². The van der Waals surface area contributed by atoms with Crippen LogP contribution in [0, 0.1) is 13.8 Å². The molecule has 1 saturated carbocycles. The number of aryl methyl sites for hydroxylation is 2. The maximum Gasteiger partial charge on any atom is 0.185 e. The Kier molecular flexibility index (Phi) is 3.97. The largest absolute Gasteiger partial charge is 0.388 e. The third kappa shape index (κ3) is 3.03. The quantitative estimate of drug-likeness (QED) is 0.846. The number of pyridine rings is 1. The molecule has 0 saturated heterocycles. The highest BCUT2D eigenvalue weighted by atomic mass is 16.1. The molecule has 3 rings (SSSR count). The summed E-state index contributed by atoms with van der Waals surface area (Å²) < 4.78 is 0. The van der Waals surface area contributed by atoms with Crippen LogP contribution in [-0.2, 0) is 6.42 Å². The summed E-state index contributed by atoms with van der Waals surface area (Å²) in [7, 11) is 1.88. The molecular weight excluding hydrogens is 272 g/mol. The van der Waals surface area contributed by atoms with E-state index in [0.29, 0.717) is 18.0 Å². The van der Waals surface area contributed by atoms with E-state index in [0.717, 1.165) is 22.4 Å². The van der Waals surface area contributed by atoms with Gasteiger partial charge in [0.2, 0.25) is 0 Å². The van der Waals surface area contributed by atoms with Crippen molar-refractivity contribution < 1.29 is 4.79 Å². The molecule has 1 fully saturated rings. The molecule has 0 amide bonds. The van der Waals surface area contributed by atoms with Crippen LogP contribution in [-0.4, -0.2) is 17.8 Å². The molecule has 3 nitrogen and oxygen atoms in total. The third-order valence-corrected chi connectivity index (χ3v) is 4.29. The zero-order valence-corrected chi connectivity index (χ0v) is 13.4. The lowest BCUT2D eigenvalue weighted by Gasteiger charge is -2.11. The molecule has 0 radical (unpaired) electrons. The first-order valence-electron chi connectivity index (χ1n) is 7.85. The Balaban J connectivity index is 1.84. The van der Waals surface area contributed by atoms with E-state index in [1.54, 1.807) is 0 Å². The maximum atomic E-state index is 12.6. The number of ketones is 1. The number of Topliss-reactive ketones (excluding diaryl/α,β-unsaturated/α-hetero) is 1. The fourth-order valence-electron chi connectivity index (χ4n) is 2.90. The summed E-state index contributed by atoms with van der Waals surface area (Å²) in [5.74, 6) is 0.755. The first kappa shape index (κ1) is 14.8. The number of hydrogen-bond donors (Lipinski definition) is 1. The van der Waals surface area contributed by atoms with Gasteiger partial charge in [0.05, 0.1) is 0 Å². The molecular formula is C19H22N2O. The molecule has 1 heterocycles. The Morgan fingerprint density at radius 1 is 1.27 bits per heavy atom. The van der Waals surface area contributed by atoms with Crippen molar-refractivity contribution in [2.45, 2.75) is 39.0 Å². The van der Waals surface area contributed by atoms with Gasteiger partial charge in [-0.25, -0.2) is 0 Å². The van der Waals surface area contributed by atoms with Crippen molar-refractivity contribution >= 4 is 11.5 Å². The zero-order valence-electron chi connectivity index (χ0n) is 13.4. The highest BCUT2D eigenvalue weighted by Crippen LogP contribution is 2.40. The van der Waals surface area contributed by atoms with Crippen molar-refractivity contribution in [3.63, 3.8) is 0 Å². The number of benzene rings is 1. The topological polar surface area (TPSA) is 42.0 Å². The molecule has 0 spiro atoms. The van der Waals surface area contributed by atoms with Crippen molar-refractivity contribution in [1.82, 2.24) is 4.98 Å². The molecule has 1 aliphatic carbocycles. The Morgan fingerprint density at radius 3 is 2.68 bits per heavy atom. The molecule has 3 heteroatoms. The lowest BCUT2D eigenvalue weighted by atomic mass is 9.99. The fraction of sp³-hybridized carbons (Fsp3) is 0.368. The first-order valence-corrected chi connectivity index (χ1v) is 7.85. The summed E-state index contributed by atoms with van der Waals surface area (Å²) in [6.07, 6.45) is 4.77. The average molecular weight is 294 g/mol. The van der Waals surface area contributed by atoms with Gasteiger partial charge in [-0.3, -0.25) is 9.78 Å². The molecule has 0 bridgehead atoms. The molecule has 0 unspecified atom stereocenters. The van der Waals surface area contributed by atoms with Gasteiger partial charge >= 0.3 is 0 Å². The number of nitrogens with zero attached hydrogens (tertiary/aromatic N) is 1. The molecule has 2 aromatic rings. The smallest absolute Gasteiger partial charge is 0.185 e. The number of rotatable bonds is 5. The average Bonchev–Trinajstić information content (AvgIpc) is 3.32. The van der Waals surface area contributed by atoms with Gasteiger partial charge in [-0.2, -0.15) is 0 Å². The van der Waals surface area contributed by atoms with E-state index in [1.165, 1.54) is 18.4 Å². The lowest BCUT2D eigenvalue weighted by Crippen LogP contribution is -2.10. The minimum atomic E-state index is 0.0851. The Hall–Kier alpha value is -2.16. The van der Waals surface area contributed by atoms with Crippen molar-refractivity contribution in [1.29, 1.82) is 0 Å². The molecule has 1 aromatic heterocycles. The van der Waals surface area contributed by atoms with Crippen LogP contribution in [0.4, 0.5) is 5.69 Å². The van der Waals surface area contributed by atoms with Crippen LogP contribution in [0.5, 0.6) is 0 Å². The van der Waals surface area contributed by atoms with Crippen LogP contribution in [0.3, 0.4) is 0 Å². The zero-order chi connectivity index (χ0) is 15.7. The van der Waals surface area contributed by atoms with Gasteiger partial charge in [-0.15, -0.1) is 0 Å². The molecule has 114 valence electrons. The third-order valence-electron chi connectivity index (χ3n) is 4.29. The van der Waals surface area contributed by atoms with Gasteiger partial charge in [0, 0.05) is 25.4 Å². The summed E-state index contributed by atoms with van der Waals surface area (Å²) in [6, 6.07) is 8.27. The Bertz CT molecular complexity index is 717. The van der Waals surface area contributed by atoms with E-state index in [2.05, 4.69) is 22.4 Å². The number of anilines is 1. The van der Waals surface area contributed by atoms with Gasteiger partial charge in [-0.1, -0.05) is 23.8 Å². The number of nitrogens with one attached hydrogen (secondary N) is 1. The molecule has 1 N–H and O–H groups in total. The van der Waals surface area contributed by atoms with E-state index < -0.39 is 0 Å². The van der Waals surface area contributed by atoms with Crippen LogP contribution in [0.2, 0.25) is 0 Å². The Morgan fingerprint density at radius 2 is 2.05 bits per heavy atom. The van der Waals surface area contributed by atoms with Crippen LogP contribution in [0.1, 0.15) is 51.5 Å². The van der Waals surface area contributed by atoms with Crippen molar-refractivity contribution in [3.05, 3.63) is 58.4 Å². The fourth-order valence-corrected chi connectivity index (χ4v) is 2.90. The number of carbonyl (C=O) groups excluding carboxylic acids is 1. The van der Waals surface area contributed by atoms with Gasteiger partial charge in [-0.05, 0) is 55.4 Å². The predicted octanol–water partition coefficient (Wildman–Crippen LogP) is 4.04. The van der Waals surface area contributed by atoms with Crippen LogP contribution < -0.4 is 5.32 Å². The van der Waals surface area contributed by atoms with E-state index >= 15 is 0 Å². The van der Waals surface area contributed by atoms with Gasteiger partial charge in [0.25, 0.3) is 0 Å². The van der Waals surface area contributed by atoms with Gasteiger partial charge < -0.3 is 5.32 Å². The number of aromatic nitrogens is 1. The summed E-state index contributed by atoms with van der Waals surface area (Å²) >= 11 is 0. The summed E-state index contributed by atoms with van der Waals surface area (Å²) in [4.78, 5) is 17.1. The Labute approximate surface area is 131 Å². The minimum absolute atomic E-state index is 0.0851. The van der Waals surface area contributed by atoms with E-state index in [4.69, 9.17) is 0 Å². The van der Waals surface area contributed by atoms with E-state index in [9.17, 15) is 4.79 Å². The number of hydrogen-bond acceptors (Lipinski definition) is 3. The van der Waals surface area contributed by atoms with Crippen LogP contribution in [0.15, 0.2) is 30.5 Å². The van der Waals surface area contributed by atoms with Crippen LogP contribution >= 0.6 is 0 Å². The van der Waals surface area contributed by atoms with E-state index in [-0.39, 0.29) is 5.78 Å². The van der Waals surface area contributed by atoms with Crippen molar-refractivity contribution in [2.75, 3.05) is 12.4 Å². The highest BCUT2D eigenvalue weighted by molar-refractivity contribution is 5.97. The lowest BCUT2D eigenvalue weighted by molar-refractivity contribution is 0.0987. The second-order valence-corrected chi connectivity index (χ2v) is 6.22. The molecule has 1 aliphatic rings. The van der Waals surface area contributed by atoms with Gasteiger partial charge in [0.15, 0.2) is 5.78 Å². The van der Waals surface area contributed by atoms with Gasteiger partial charge in [0.1, 0.15) is 5.69 Å². The molecule has 0 aliphatic heterocycles. The van der Waals surface area contributed by atoms with E-state index in [1.807, 2.05) is 39.2 Å². The summed E-state index contributed by atoms with van der Waals surface area (Å²) in [5.41, 5.74) is 6.07. The summed E-state index contributed by atoms with van der Waals surface area (Å²) in [6.45, 7) is 4.03. The minimum Gasteiger partial charge on any atom is -0.388 e. The standard InChI is InChI=1S/C19H22N2O/c1-12-4-7-17(20-3)15(8-12)10-18(22)19-13(2)9-16(11-21-19)14-5-6-14/h4,7-9,11,14,20H,5-6,10H2,1-3H3. The second-order valence-electron chi connectivity index (χ2n) is 6.22. The molecule has 22 heavy (non-hydrogen) atoms. The van der Waals surface area contributed by atoms with Crippen molar-refractivity contribution in [2.24, 2.45) is 0 Å². The normalized spacial score (nSPS) is 14.0. The summed E-state index contributed by atoms with van der Waals surface area (Å²) in [5, 5.41) is 3.15. The predicted molar refractivity (Wildman–Crippen MR) is 89.7 cm³/mol. The molecule has 1 aromatic carbocycles. The number of carbonyl (C=O) groups is 1. The SMILES string of the molecule is CNc1ccc(C)cc1CC(=O)c1ncc(C2CC2)cc1C. The molecule has 0 atom stereocenters.